The molecule has 27 heavy (non-hydrogen) atoms. The quantitative estimate of drug-likeness (QED) is 0.296. The van der Waals surface area contributed by atoms with Gasteiger partial charge in [0.05, 0.1) is 10.7 Å². The Hall–Kier alpha value is -2.39. The fourth-order valence-electron chi connectivity index (χ4n) is 2.88. The van der Waals surface area contributed by atoms with Gasteiger partial charge in [-0.3, -0.25) is 9.59 Å². The highest BCUT2D eigenvalue weighted by Gasteiger charge is 2.40. The number of hydrogen-bond donors (Lipinski definition) is 4. The Balaban J connectivity index is 1.75. The third-order valence-electron chi connectivity index (χ3n) is 4.27. The van der Waals surface area contributed by atoms with Crippen molar-refractivity contribution in [3.8, 4) is 11.5 Å². The zero-order valence-corrected chi connectivity index (χ0v) is 17.0. The average Bonchev–Trinajstić information content (AvgIpc) is 3.06. The number of phenols is 2. The minimum Gasteiger partial charge on any atom is -0.506 e. The molecule has 0 spiro atoms. The van der Waals surface area contributed by atoms with E-state index < -0.39 is 11.8 Å². The highest BCUT2D eigenvalue weighted by molar-refractivity contribution is 9.11. The van der Waals surface area contributed by atoms with Gasteiger partial charge >= 0.3 is 0 Å². The Morgan fingerprint density at radius 2 is 1.93 bits per heavy atom. The van der Waals surface area contributed by atoms with Crippen LogP contribution < -0.4 is 10.7 Å². The van der Waals surface area contributed by atoms with E-state index in [2.05, 4.69) is 47.7 Å². The summed E-state index contributed by atoms with van der Waals surface area (Å²) in [6.07, 6.45) is 1.23. The van der Waals surface area contributed by atoms with E-state index >= 15 is 0 Å². The largest absolute Gasteiger partial charge is 0.506 e. The molecule has 7 nitrogen and oxygen atoms in total. The predicted molar refractivity (Wildman–Crippen MR) is 107 cm³/mol. The zero-order chi connectivity index (χ0) is 19.6. The van der Waals surface area contributed by atoms with Crippen LogP contribution in [0.2, 0.25) is 0 Å². The van der Waals surface area contributed by atoms with Crippen molar-refractivity contribution in [3.05, 3.63) is 56.5 Å². The van der Waals surface area contributed by atoms with Crippen molar-refractivity contribution in [3.63, 3.8) is 0 Å². The van der Waals surface area contributed by atoms with Crippen LogP contribution >= 0.6 is 31.9 Å². The van der Waals surface area contributed by atoms with Crippen LogP contribution in [0.15, 0.2) is 50.4 Å². The highest BCUT2D eigenvalue weighted by atomic mass is 79.9. The molecule has 2 unspecified atom stereocenters. The van der Waals surface area contributed by atoms with Gasteiger partial charge in [0.15, 0.2) is 0 Å². The molecule has 1 heterocycles. The van der Waals surface area contributed by atoms with E-state index in [0.717, 1.165) is 5.56 Å². The summed E-state index contributed by atoms with van der Waals surface area (Å²) in [6.45, 7) is 0.378. The molecular weight excluding hydrogens is 482 g/mol. The number of benzene rings is 2. The third-order valence-corrected chi connectivity index (χ3v) is 5.62. The van der Waals surface area contributed by atoms with Crippen molar-refractivity contribution in [2.24, 2.45) is 11.0 Å². The number of halogens is 2. The molecule has 0 bridgehead atoms. The van der Waals surface area contributed by atoms with Crippen LogP contribution in [-0.2, 0) is 9.59 Å². The molecule has 1 aliphatic rings. The lowest BCUT2D eigenvalue weighted by Crippen LogP contribution is -2.34. The van der Waals surface area contributed by atoms with Crippen LogP contribution in [0.4, 0.5) is 0 Å². The van der Waals surface area contributed by atoms with Crippen LogP contribution in [0, 0.1) is 5.92 Å². The fourth-order valence-corrected chi connectivity index (χ4v) is 4.04. The lowest BCUT2D eigenvalue weighted by molar-refractivity contribution is -0.133. The van der Waals surface area contributed by atoms with Crippen LogP contribution in [0.3, 0.4) is 0 Å². The zero-order valence-electron chi connectivity index (χ0n) is 13.8. The number of carbonyl (C=O) groups excluding carboxylic acids is 2. The standard InChI is InChI=1S/C18H15Br2N3O4/c19-12-6-10(15(24)14(20)16(12)25)7-22-23-18(27)13-11(8-21-17(13)26)9-4-2-1-3-5-9/h1-7,11,13,24-25H,8H2,(H,21,26)(H,23,27). The molecular formula is C18H15Br2N3O4. The predicted octanol–water partition coefficient (Wildman–Crippen LogP) is 2.60. The third kappa shape index (κ3) is 3.98. The molecule has 2 aromatic rings. The van der Waals surface area contributed by atoms with Crippen LogP contribution in [0.25, 0.3) is 0 Å². The molecule has 0 aromatic heterocycles. The molecule has 4 N–H and O–H groups in total. The Morgan fingerprint density at radius 1 is 1.22 bits per heavy atom. The average molecular weight is 497 g/mol. The molecule has 1 aliphatic heterocycles. The molecule has 1 saturated heterocycles. The van der Waals surface area contributed by atoms with Crippen molar-refractivity contribution in [2.75, 3.05) is 6.54 Å². The molecule has 140 valence electrons. The van der Waals surface area contributed by atoms with Gasteiger partial charge in [-0.15, -0.1) is 0 Å². The Bertz CT molecular complexity index is 919. The number of phenolic OH excluding ortho intramolecular Hbond substituents is 2. The molecule has 2 atom stereocenters. The first-order valence-corrected chi connectivity index (χ1v) is 9.54. The van der Waals surface area contributed by atoms with Gasteiger partial charge in [0.25, 0.3) is 5.91 Å². The molecule has 2 amide bonds. The first-order valence-electron chi connectivity index (χ1n) is 7.95. The Kier molecular flexibility index (Phi) is 5.81. The SMILES string of the molecule is O=C1NCC(c2ccccc2)C1C(=O)NN=Cc1cc(Br)c(O)c(Br)c1O. The smallest absolute Gasteiger partial charge is 0.253 e. The lowest BCUT2D eigenvalue weighted by Gasteiger charge is -2.15. The number of carbonyl (C=O) groups is 2. The van der Waals surface area contributed by atoms with Crippen LogP contribution in [0.1, 0.15) is 17.0 Å². The van der Waals surface area contributed by atoms with E-state index in [-0.39, 0.29) is 33.4 Å². The second-order valence-corrected chi connectivity index (χ2v) is 7.58. The van der Waals surface area contributed by atoms with Gasteiger partial charge < -0.3 is 15.5 Å². The van der Waals surface area contributed by atoms with Gasteiger partial charge in [0.2, 0.25) is 5.91 Å². The number of amides is 2. The number of hydrazone groups is 1. The summed E-state index contributed by atoms with van der Waals surface area (Å²) in [5, 5.41) is 26.3. The maximum atomic E-state index is 12.5. The van der Waals surface area contributed by atoms with E-state index in [9.17, 15) is 19.8 Å². The van der Waals surface area contributed by atoms with Gasteiger partial charge in [0.1, 0.15) is 21.9 Å². The number of rotatable bonds is 4. The van der Waals surface area contributed by atoms with Crippen molar-refractivity contribution in [1.29, 1.82) is 0 Å². The van der Waals surface area contributed by atoms with Crippen molar-refractivity contribution in [2.45, 2.75) is 5.92 Å². The molecule has 0 saturated carbocycles. The lowest BCUT2D eigenvalue weighted by atomic mass is 9.88. The summed E-state index contributed by atoms with van der Waals surface area (Å²) in [6, 6.07) is 10.8. The van der Waals surface area contributed by atoms with E-state index in [1.807, 2.05) is 30.3 Å². The molecule has 2 aromatic carbocycles. The van der Waals surface area contributed by atoms with Gasteiger partial charge in [-0.25, -0.2) is 5.43 Å². The summed E-state index contributed by atoms with van der Waals surface area (Å²) in [5.74, 6) is -2.44. The number of aromatic hydroxyl groups is 2. The second-order valence-electron chi connectivity index (χ2n) is 5.93. The van der Waals surface area contributed by atoms with Crippen LogP contribution in [0.5, 0.6) is 11.5 Å². The minimum absolute atomic E-state index is 0.101. The van der Waals surface area contributed by atoms with Gasteiger partial charge in [-0.2, -0.15) is 5.10 Å². The molecule has 3 rings (SSSR count). The Morgan fingerprint density at radius 3 is 2.63 bits per heavy atom. The first kappa shape index (κ1) is 19.4. The molecule has 0 radical (unpaired) electrons. The van der Waals surface area contributed by atoms with Gasteiger partial charge in [0, 0.05) is 18.0 Å². The van der Waals surface area contributed by atoms with E-state index in [1.165, 1.54) is 12.3 Å². The normalized spacial score (nSPS) is 19.3. The number of nitrogens with one attached hydrogen (secondary N) is 2. The summed E-state index contributed by atoms with van der Waals surface area (Å²) in [7, 11) is 0. The van der Waals surface area contributed by atoms with E-state index in [4.69, 9.17) is 0 Å². The van der Waals surface area contributed by atoms with Crippen LogP contribution in [-0.4, -0.2) is 34.8 Å². The summed E-state index contributed by atoms with van der Waals surface area (Å²) in [4.78, 5) is 24.6. The highest BCUT2D eigenvalue weighted by Crippen LogP contribution is 2.40. The molecule has 9 heteroatoms. The monoisotopic (exact) mass is 495 g/mol. The summed E-state index contributed by atoms with van der Waals surface area (Å²) >= 11 is 6.22. The topological polar surface area (TPSA) is 111 Å². The molecule has 1 fully saturated rings. The van der Waals surface area contributed by atoms with E-state index in [0.29, 0.717) is 11.0 Å². The molecule has 0 aliphatic carbocycles. The van der Waals surface area contributed by atoms with Gasteiger partial charge in [-0.05, 0) is 43.5 Å². The van der Waals surface area contributed by atoms with Gasteiger partial charge in [-0.1, -0.05) is 30.3 Å². The van der Waals surface area contributed by atoms with E-state index in [1.54, 1.807) is 0 Å². The second kappa shape index (κ2) is 8.10. The number of hydrogen-bond acceptors (Lipinski definition) is 5. The van der Waals surface area contributed by atoms with Crippen molar-refractivity contribution < 1.29 is 19.8 Å². The number of nitrogens with zero attached hydrogens (tertiary/aromatic N) is 1. The fraction of sp³-hybridized carbons (Fsp3) is 0.167. The summed E-state index contributed by atoms with van der Waals surface area (Å²) < 4.78 is 0.447. The summed E-state index contributed by atoms with van der Waals surface area (Å²) in [5.41, 5.74) is 3.51. The van der Waals surface area contributed by atoms with Crippen molar-refractivity contribution in [1.82, 2.24) is 10.7 Å². The Labute approximate surface area is 171 Å². The maximum Gasteiger partial charge on any atom is 0.253 e. The first-order chi connectivity index (χ1) is 12.9. The minimum atomic E-state index is -0.892. The maximum absolute atomic E-state index is 12.5. The van der Waals surface area contributed by atoms with Crippen molar-refractivity contribution >= 4 is 49.9 Å².